The van der Waals surface area contributed by atoms with Gasteiger partial charge in [-0.25, -0.2) is 15.0 Å². The Labute approximate surface area is 189 Å². The van der Waals surface area contributed by atoms with Crippen LogP contribution in [-0.2, 0) is 11.3 Å². The summed E-state index contributed by atoms with van der Waals surface area (Å²) in [6.07, 6.45) is 5.23. The van der Waals surface area contributed by atoms with Gasteiger partial charge in [-0.05, 0) is 50.1 Å². The number of anilines is 1. The van der Waals surface area contributed by atoms with Gasteiger partial charge in [-0.2, -0.15) is 5.10 Å². The minimum Gasteiger partial charge on any atom is -0.323 e. The highest BCUT2D eigenvalue weighted by Gasteiger charge is 2.21. The molecule has 9 nitrogen and oxygen atoms in total. The van der Waals surface area contributed by atoms with E-state index in [1.54, 1.807) is 12.5 Å². The average Bonchev–Trinajstić information content (AvgIpc) is 3.41. The molecule has 4 heterocycles. The maximum atomic E-state index is 12.6. The monoisotopic (exact) mass is 450 g/mol. The quantitative estimate of drug-likeness (QED) is 0.430. The lowest BCUT2D eigenvalue weighted by Crippen LogP contribution is -2.37. The second-order valence-corrected chi connectivity index (χ2v) is 8.40. The third-order valence-electron chi connectivity index (χ3n) is 5.66. The van der Waals surface area contributed by atoms with Crippen molar-refractivity contribution in [3.63, 3.8) is 0 Å². The van der Waals surface area contributed by atoms with Gasteiger partial charge in [0.05, 0.1) is 34.8 Å². The summed E-state index contributed by atoms with van der Waals surface area (Å²) in [6, 6.07) is 7.76. The molecule has 1 aliphatic rings. The molecule has 0 saturated carbocycles. The highest BCUT2D eigenvalue weighted by atomic mass is 35.5. The summed E-state index contributed by atoms with van der Waals surface area (Å²) in [5.74, 6) is 1.89. The number of carbonyl (C=O) groups excluding carboxylic acids is 1. The molecule has 10 heteroatoms. The lowest BCUT2D eigenvalue weighted by atomic mass is 9.99. The second-order valence-electron chi connectivity index (χ2n) is 7.99. The number of fused-ring (bicyclic) bond motifs is 1. The van der Waals surface area contributed by atoms with Gasteiger partial charge < -0.3 is 15.2 Å². The fourth-order valence-corrected chi connectivity index (χ4v) is 4.21. The lowest BCUT2D eigenvalue weighted by molar-refractivity contribution is -0.120. The SMILES string of the molecule is Cc1nc(Cn2cnc3ccc(-c4cc(NC(=O)C5CCCNC5)ncc4Cl)cc32)n[nH]1. The lowest BCUT2D eigenvalue weighted by Gasteiger charge is -2.21. The van der Waals surface area contributed by atoms with Gasteiger partial charge in [0.15, 0.2) is 5.82 Å². The molecule has 0 spiro atoms. The van der Waals surface area contributed by atoms with Gasteiger partial charge in [0, 0.05) is 18.3 Å². The summed E-state index contributed by atoms with van der Waals surface area (Å²) in [7, 11) is 0. The summed E-state index contributed by atoms with van der Waals surface area (Å²) in [5.41, 5.74) is 3.51. The molecule has 3 aromatic heterocycles. The van der Waals surface area contributed by atoms with Crippen LogP contribution in [0.4, 0.5) is 5.82 Å². The Morgan fingerprint density at radius 1 is 1.31 bits per heavy atom. The third-order valence-corrected chi connectivity index (χ3v) is 5.96. The number of halogens is 1. The number of nitrogens with one attached hydrogen (secondary N) is 3. The van der Waals surface area contributed by atoms with E-state index in [-0.39, 0.29) is 11.8 Å². The van der Waals surface area contributed by atoms with Gasteiger partial charge in [-0.3, -0.25) is 9.89 Å². The molecular formula is C22H23ClN8O. The van der Waals surface area contributed by atoms with Gasteiger partial charge in [0.1, 0.15) is 11.6 Å². The molecule has 0 bridgehead atoms. The number of H-pyrrole nitrogens is 1. The van der Waals surface area contributed by atoms with Crippen molar-refractivity contribution in [2.45, 2.75) is 26.3 Å². The maximum Gasteiger partial charge on any atom is 0.229 e. The average molecular weight is 451 g/mol. The van der Waals surface area contributed by atoms with E-state index in [1.165, 1.54) is 0 Å². The number of rotatable bonds is 5. The maximum absolute atomic E-state index is 12.6. The van der Waals surface area contributed by atoms with Crippen LogP contribution in [0.15, 0.2) is 36.8 Å². The summed E-state index contributed by atoms with van der Waals surface area (Å²) in [4.78, 5) is 25.8. The number of aromatic amines is 1. The Morgan fingerprint density at radius 3 is 3.00 bits per heavy atom. The Bertz CT molecular complexity index is 1270. The summed E-state index contributed by atoms with van der Waals surface area (Å²) in [6.45, 7) is 4.03. The van der Waals surface area contributed by atoms with Crippen molar-refractivity contribution in [1.82, 2.24) is 35.0 Å². The fourth-order valence-electron chi connectivity index (χ4n) is 3.99. The van der Waals surface area contributed by atoms with Crippen molar-refractivity contribution in [1.29, 1.82) is 0 Å². The van der Waals surface area contributed by atoms with Gasteiger partial charge in [0.2, 0.25) is 5.91 Å². The van der Waals surface area contributed by atoms with E-state index in [4.69, 9.17) is 11.6 Å². The molecule has 1 fully saturated rings. The number of hydrogen-bond acceptors (Lipinski definition) is 6. The minimum absolute atomic E-state index is 0.0201. The van der Waals surface area contributed by atoms with Crippen LogP contribution < -0.4 is 10.6 Å². The van der Waals surface area contributed by atoms with Gasteiger partial charge in [-0.15, -0.1) is 0 Å². The van der Waals surface area contributed by atoms with E-state index < -0.39 is 0 Å². The molecule has 32 heavy (non-hydrogen) atoms. The van der Waals surface area contributed by atoms with Crippen LogP contribution in [0.2, 0.25) is 5.02 Å². The standard InChI is InChI=1S/C22H23ClN8O/c1-13-27-21(30-29-13)11-31-12-26-18-5-4-14(7-19(18)31)16-8-20(25-10-17(16)23)28-22(32)15-3-2-6-24-9-15/h4-5,7-8,10,12,15,24H,2-3,6,9,11H2,1H3,(H,25,28,32)(H,27,29,30). The zero-order chi connectivity index (χ0) is 22.1. The van der Waals surface area contributed by atoms with Crippen LogP contribution in [0, 0.1) is 12.8 Å². The van der Waals surface area contributed by atoms with Crippen LogP contribution in [0.5, 0.6) is 0 Å². The second kappa shape index (κ2) is 8.68. The number of aryl methyl sites for hydroxylation is 1. The number of piperidine rings is 1. The normalized spacial score (nSPS) is 16.4. The Hall–Kier alpha value is -3.30. The molecule has 1 amide bonds. The van der Waals surface area contributed by atoms with Crippen LogP contribution in [0.25, 0.3) is 22.2 Å². The van der Waals surface area contributed by atoms with Gasteiger partial charge >= 0.3 is 0 Å². The Balaban J connectivity index is 1.43. The number of aromatic nitrogens is 6. The van der Waals surface area contributed by atoms with Crippen molar-refractivity contribution >= 4 is 34.4 Å². The molecule has 1 atom stereocenters. The van der Waals surface area contributed by atoms with Gasteiger partial charge in [-0.1, -0.05) is 17.7 Å². The van der Waals surface area contributed by atoms with Gasteiger partial charge in [0.25, 0.3) is 0 Å². The topological polar surface area (TPSA) is 113 Å². The number of amides is 1. The van der Waals surface area contributed by atoms with Crippen LogP contribution in [0.1, 0.15) is 24.5 Å². The highest BCUT2D eigenvalue weighted by Crippen LogP contribution is 2.31. The van der Waals surface area contributed by atoms with Crippen molar-refractivity contribution in [3.8, 4) is 11.1 Å². The van der Waals surface area contributed by atoms with E-state index in [1.807, 2.05) is 35.8 Å². The number of carbonyl (C=O) groups is 1. The number of imidazole rings is 1. The predicted molar refractivity (Wildman–Crippen MR) is 122 cm³/mol. The summed E-state index contributed by atoms with van der Waals surface area (Å²) < 4.78 is 2.00. The van der Waals surface area contributed by atoms with E-state index in [2.05, 4.69) is 35.8 Å². The smallest absolute Gasteiger partial charge is 0.229 e. The van der Waals surface area contributed by atoms with Crippen molar-refractivity contribution in [2.75, 3.05) is 18.4 Å². The minimum atomic E-state index is -0.0466. The zero-order valence-corrected chi connectivity index (χ0v) is 18.4. The van der Waals surface area contributed by atoms with E-state index >= 15 is 0 Å². The summed E-state index contributed by atoms with van der Waals surface area (Å²) >= 11 is 6.48. The molecule has 1 unspecified atom stereocenters. The van der Waals surface area contributed by atoms with Crippen molar-refractivity contribution in [3.05, 3.63) is 53.5 Å². The van der Waals surface area contributed by atoms with Crippen molar-refractivity contribution < 1.29 is 4.79 Å². The fraction of sp³-hybridized carbons (Fsp3) is 0.318. The van der Waals surface area contributed by atoms with Crippen molar-refractivity contribution in [2.24, 2.45) is 5.92 Å². The molecule has 4 aromatic rings. The Kier molecular flexibility index (Phi) is 5.59. The first kappa shape index (κ1) is 20.6. The molecule has 1 aliphatic heterocycles. The zero-order valence-electron chi connectivity index (χ0n) is 17.6. The molecular weight excluding hydrogens is 428 g/mol. The molecule has 1 saturated heterocycles. The van der Waals surface area contributed by atoms with Crippen LogP contribution in [0.3, 0.4) is 0 Å². The first-order valence-electron chi connectivity index (χ1n) is 10.6. The predicted octanol–water partition coefficient (Wildman–Crippen LogP) is 3.16. The molecule has 3 N–H and O–H groups in total. The molecule has 1 aromatic carbocycles. The number of pyridine rings is 1. The largest absolute Gasteiger partial charge is 0.323 e. The first-order valence-corrected chi connectivity index (χ1v) is 10.9. The van der Waals surface area contributed by atoms with E-state index in [9.17, 15) is 4.79 Å². The van der Waals surface area contributed by atoms with E-state index in [0.29, 0.717) is 29.8 Å². The van der Waals surface area contributed by atoms with Crippen LogP contribution >= 0.6 is 11.6 Å². The summed E-state index contributed by atoms with van der Waals surface area (Å²) in [5, 5.41) is 13.8. The molecule has 5 rings (SSSR count). The molecule has 0 aliphatic carbocycles. The molecule has 164 valence electrons. The highest BCUT2D eigenvalue weighted by molar-refractivity contribution is 6.33. The number of hydrogen-bond donors (Lipinski definition) is 3. The molecule has 0 radical (unpaired) electrons. The third kappa shape index (κ3) is 4.21. The Morgan fingerprint density at radius 2 is 2.22 bits per heavy atom. The van der Waals surface area contributed by atoms with Crippen LogP contribution in [-0.4, -0.2) is 48.7 Å². The first-order chi connectivity index (χ1) is 15.6. The van der Waals surface area contributed by atoms with E-state index in [0.717, 1.165) is 47.4 Å². The number of benzene rings is 1. The number of nitrogens with zero attached hydrogens (tertiary/aromatic N) is 5.